The highest BCUT2D eigenvalue weighted by Crippen LogP contribution is 2.43. The molecule has 0 N–H and O–H groups in total. The molecule has 0 aliphatic heterocycles. The highest BCUT2D eigenvalue weighted by molar-refractivity contribution is 6.71. The highest BCUT2D eigenvalue weighted by atomic mass is 28.4. The summed E-state index contributed by atoms with van der Waals surface area (Å²) in [5.74, 6) is -1.59. The minimum absolute atomic E-state index is 0.0661. The Hall–Kier alpha value is 0.175. The normalized spacial score (nSPS) is 19.7. The molecule has 46 heavy (non-hydrogen) atoms. The van der Waals surface area contributed by atoms with Crippen molar-refractivity contribution in [1.29, 1.82) is 0 Å². The van der Waals surface area contributed by atoms with Crippen molar-refractivity contribution in [3.05, 3.63) is 12.2 Å². The molecule has 0 spiro atoms. The van der Waals surface area contributed by atoms with E-state index >= 15 is 0 Å². The zero-order chi connectivity index (χ0) is 36.8. The molecule has 10 nitrogen and oxygen atoms in total. The molecule has 272 valence electrons. The first-order valence-electron chi connectivity index (χ1n) is 16.3. The van der Waals surface area contributed by atoms with Crippen LogP contribution in [-0.2, 0) is 45.0 Å². The number of hydrogen-bond acceptors (Lipinski definition) is 10. The number of carbonyl (C=O) groups is 2. The highest BCUT2D eigenvalue weighted by Gasteiger charge is 2.60. The number of rotatable bonds is 20. The summed E-state index contributed by atoms with van der Waals surface area (Å²) in [6.45, 7) is 37.0. The number of ether oxygens (including phenoxy) is 2. The van der Waals surface area contributed by atoms with Crippen molar-refractivity contribution in [3.8, 4) is 0 Å². The van der Waals surface area contributed by atoms with Gasteiger partial charge in [-0.25, -0.2) is 9.59 Å². The van der Waals surface area contributed by atoms with Crippen molar-refractivity contribution in [2.45, 2.75) is 142 Å². The fourth-order valence-corrected chi connectivity index (χ4v) is 19.4. The molecular formula is C28H68O10Si8. The lowest BCUT2D eigenvalue weighted by atomic mass is 9.91. The fraction of sp³-hybridized carbons (Fsp3) is 0.857. The van der Waals surface area contributed by atoms with E-state index in [-0.39, 0.29) is 11.8 Å². The summed E-state index contributed by atoms with van der Waals surface area (Å²) in [6.07, 6.45) is 2.21. The van der Waals surface area contributed by atoms with Crippen molar-refractivity contribution in [2.24, 2.45) is 11.8 Å². The molecule has 4 unspecified atom stereocenters. The van der Waals surface area contributed by atoms with Crippen LogP contribution in [0.15, 0.2) is 12.2 Å². The van der Waals surface area contributed by atoms with Crippen LogP contribution < -0.4 is 0 Å². The molecule has 0 aromatic heterocycles. The van der Waals surface area contributed by atoms with Crippen LogP contribution in [0.25, 0.3) is 0 Å². The molecule has 0 aliphatic rings. The van der Waals surface area contributed by atoms with E-state index in [0.29, 0.717) is 21.0 Å². The van der Waals surface area contributed by atoms with E-state index in [4.69, 9.17) is 35.4 Å². The second-order valence-electron chi connectivity index (χ2n) is 16.9. The van der Waals surface area contributed by atoms with Crippen molar-refractivity contribution in [3.63, 3.8) is 0 Å². The lowest BCUT2D eigenvalue weighted by molar-refractivity contribution is -0.235. The van der Waals surface area contributed by atoms with Crippen LogP contribution in [-0.4, -0.2) is 108 Å². The third-order valence-corrected chi connectivity index (χ3v) is 16.8. The van der Waals surface area contributed by atoms with Gasteiger partial charge >= 0.3 is 11.9 Å². The lowest BCUT2D eigenvalue weighted by Crippen LogP contribution is -2.69. The van der Waals surface area contributed by atoms with Crippen LogP contribution in [0.1, 0.15) is 41.5 Å². The quantitative estimate of drug-likeness (QED) is 0.0792. The molecule has 0 bridgehead atoms. The Morgan fingerprint density at radius 3 is 0.957 bits per heavy atom. The molecular weight excluding hydrogens is 721 g/mol. The summed E-state index contributed by atoms with van der Waals surface area (Å²) in [5, 5.41) is 0. The van der Waals surface area contributed by atoms with Crippen LogP contribution in [0.3, 0.4) is 0 Å². The van der Waals surface area contributed by atoms with Crippen LogP contribution in [0.4, 0.5) is 0 Å². The van der Waals surface area contributed by atoms with Gasteiger partial charge in [-0.1, -0.05) is 27.7 Å². The van der Waals surface area contributed by atoms with E-state index in [2.05, 4.69) is 78.6 Å². The zero-order valence-electron chi connectivity index (χ0n) is 32.8. The topological polar surface area (TPSA) is 108 Å². The van der Waals surface area contributed by atoms with E-state index in [9.17, 15) is 9.59 Å². The number of esters is 2. The molecule has 0 aromatic rings. The number of hydrogen-bond donors (Lipinski definition) is 0. The molecule has 0 saturated heterocycles. The van der Waals surface area contributed by atoms with Gasteiger partial charge in [0, 0.05) is 12.2 Å². The maximum absolute atomic E-state index is 13.7. The molecule has 18 heteroatoms. The predicted octanol–water partition coefficient (Wildman–Crippen LogP) is 2.93. The maximum Gasteiger partial charge on any atom is 0.333 e. The molecule has 0 saturated carbocycles. The summed E-state index contributed by atoms with van der Waals surface area (Å²) in [4.78, 5) is 27.3. The van der Waals surface area contributed by atoms with Crippen molar-refractivity contribution < 1.29 is 45.0 Å². The molecule has 4 atom stereocenters. The van der Waals surface area contributed by atoms with E-state index in [1.165, 1.54) is 0 Å². The lowest BCUT2D eigenvalue weighted by Gasteiger charge is -2.53. The van der Waals surface area contributed by atoms with E-state index < -0.39 is 86.8 Å². The summed E-state index contributed by atoms with van der Waals surface area (Å²) >= 11 is 0. The average molecular weight is 790 g/mol. The molecule has 0 fully saturated rings. The summed E-state index contributed by atoms with van der Waals surface area (Å²) < 4.78 is 51.5. The second kappa shape index (κ2) is 16.9. The van der Waals surface area contributed by atoms with Gasteiger partial charge in [0.1, 0.15) is 32.2 Å². The zero-order valence-corrected chi connectivity index (χ0v) is 43.6. The fourth-order valence-electron chi connectivity index (χ4n) is 5.29. The van der Waals surface area contributed by atoms with Gasteiger partial charge in [0.15, 0.2) is 33.3 Å². The van der Waals surface area contributed by atoms with E-state index in [1.54, 1.807) is 0 Å². The van der Waals surface area contributed by atoms with Gasteiger partial charge in [-0.3, -0.25) is 0 Å². The van der Waals surface area contributed by atoms with Gasteiger partial charge in [0.05, 0.1) is 0 Å². The Labute approximate surface area is 295 Å². The second-order valence-corrected chi connectivity index (χ2v) is 41.7. The van der Waals surface area contributed by atoms with Gasteiger partial charge in [0.2, 0.25) is 30.3 Å². The van der Waals surface area contributed by atoms with E-state index in [0.717, 1.165) is 12.2 Å². The van der Waals surface area contributed by atoms with Crippen molar-refractivity contribution >= 4 is 85.7 Å². The largest absolute Gasteiger partial charge is 0.463 e. The molecule has 0 aromatic carbocycles. The number of carbonyl (C=O) groups excluding carboxylic acids is 2. The molecule has 0 radical (unpaired) electrons. The monoisotopic (exact) mass is 788 g/mol. The van der Waals surface area contributed by atoms with Crippen LogP contribution in [0, 0.1) is 11.8 Å². The maximum atomic E-state index is 13.7. The first kappa shape index (κ1) is 46.2. The first-order chi connectivity index (χ1) is 20.3. The Kier molecular flexibility index (Phi) is 17.0. The van der Waals surface area contributed by atoms with Crippen LogP contribution in [0.5, 0.6) is 0 Å². The molecule has 0 amide bonds. The Balaban J connectivity index is 6.94. The van der Waals surface area contributed by atoms with Gasteiger partial charge < -0.3 is 35.4 Å². The Morgan fingerprint density at radius 2 is 0.783 bits per heavy atom. The SMILES string of the molecule is CC(C)C(C)(O[Si](C)(C)C)C(OC(=O)/C=C/C(=O)OC(O[Si](C)(C)C)([SiH2]O[SiH3])C(C)(O[Si](C)(C)C)C(C)C)(O[Si](C)(C)C)[SiH2]O[SiH3]. The van der Waals surface area contributed by atoms with Crippen molar-refractivity contribution in [2.75, 3.05) is 0 Å². The molecule has 0 rings (SSSR count). The Bertz CT molecular complexity index is 955. The predicted molar refractivity (Wildman–Crippen MR) is 210 cm³/mol. The third kappa shape index (κ3) is 13.8. The average Bonchev–Trinajstić information content (AvgIpc) is 2.78. The van der Waals surface area contributed by atoms with Gasteiger partial charge in [-0.2, -0.15) is 0 Å². The molecule has 0 aliphatic carbocycles. The van der Waals surface area contributed by atoms with Gasteiger partial charge in [0.25, 0.3) is 0 Å². The van der Waals surface area contributed by atoms with E-state index in [1.807, 2.05) is 41.5 Å². The minimum Gasteiger partial charge on any atom is -0.463 e. The minimum atomic E-state index is -2.30. The van der Waals surface area contributed by atoms with Gasteiger partial charge in [-0.05, 0) is 104 Å². The Morgan fingerprint density at radius 1 is 0.543 bits per heavy atom. The smallest absolute Gasteiger partial charge is 0.333 e. The summed E-state index contributed by atoms with van der Waals surface area (Å²) in [7, 11) is -11.2. The van der Waals surface area contributed by atoms with Crippen molar-refractivity contribution in [1.82, 2.24) is 0 Å². The standard InChI is InChI=1S/C28H68O10Si8/c1-21(2)25(5,33-43(7,8)9)27(41-37-39,35-45(13,14)15)31-23(29)19-20-24(30)32-28(42-38-40,36-46(16,17)18)26(6,22(3)4)34-44(10,11)12/h19-22H,41-42H2,1-18,39-40H3/b20-19+. The van der Waals surface area contributed by atoms with Gasteiger partial charge in [-0.15, -0.1) is 0 Å². The summed E-state index contributed by atoms with van der Waals surface area (Å²) in [5.41, 5.74) is -4.75. The molecule has 0 heterocycles. The van der Waals surface area contributed by atoms with Crippen LogP contribution in [0.2, 0.25) is 78.6 Å². The van der Waals surface area contributed by atoms with Crippen LogP contribution >= 0.6 is 0 Å². The first-order valence-corrected chi connectivity index (χ1v) is 34.1. The summed E-state index contributed by atoms with van der Waals surface area (Å²) in [6, 6.07) is 0. The third-order valence-electron chi connectivity index (χ3n) is 7.25.